The topological polar surface area (TPSA) is 33.7 Å². The number of ether oxygens (including phenoxy) is 2. The van der Waals surface area contributed by atoms with Crippen LogP contribution in [0.3, 0.4) is 0 Å². The molecule has 0 spiro atoms. The molecule has 20 heavy (non-hydrogen) atoms. The first kappa shape index (κ1) is 17.9. The van der Waals surface area contributed by atoms with Gasteiger partial charge in [-0.05, 0) is 25.8 Å². The molecule has 1 aliphatic rings. The first-order valence-electron chi connectivity index (χ1n) is 8.24. The lowest BCUT2D eigenvalue weighted by Gasteiger charge is -2.34. The van der Waals surface area contributed by atoms with Crippen molar-refractivity contribution >= 4 is 0 Å². The van der Waals surface area contributed by atoms with E-state index in [1.165, 1.54) is 25.7 Å². The van der Waals surface area contributed by atoms with Crippen molar-refractivity contribution in [3.63, 3.8) is 0 Å². The summed E-state index contributed by atoms with van der Waals surface area (Å²) in [5.41, 5.74) is 0. The van der Waals surface area contributed by atoms with E-state index in [-0.39, 0.29) is 12.2 Å². The molecule has 1 N–H and O–H groups in total. The number of rotatable bonds is 10. The summed E-state index contributed by atoms with van der Waals surface area (Å²) in [6, 6.07) is 1.16. The lowest BCUT2D eigenvalue weighted by Crippen LogP contribution is -2.49. The van der Waals surface area contributed by atoms with E-state index in [2.05, 4.69) is 31.0 Å². The maximum atomic E-state index is 5.57. The molecule has 0 amide bonds. The third-order valence-corrected chi connectivity index (χ3v) is 4.46. The van der Waals surface area contributed by atoms with Gasteiger partial charge in [-0.3, -0.25) is 4.90 Å². The molecule has 0 aromatic rings. The molecule has 1 saturated heterocycles. The molecule has 0 saturated carbocycles. The molecule has 1 rings (SSSR count). The molecule has 4 nitrogen and oxygen atoms in total. The van der Waals surface area contributed by atoms with E-state index in [9.17, 15) is 0 Å². The zero-order valence-corrected chi connectivity index (χ0v) is 14.0. The summed E-state index contributed by atoms with van der Waals surface area (Å²) in [6.07, 6.45) is 5.26. The lowest BCUT2D eigenvalue weighted by atomic mass is 9.99. The van der Waals surface area contributed by atoms with Crippen LogP contribution in [0, 0.1) is 0 Å². The van der Waals surface area contributed by atoms with Crippen molar-refractivity contribution in [3.05, 3.63) is 0 Å². The molecule has 120 valence electrons. The molecule has 0 aliphatic carbocycles. The summed E-state index contributed by atoms with van der Waals surface area (Å²) in [5.74, 6) is 0. The fourth-order valence-electron chi connectivity index (χ4n) is 3.36. The fourth-order valence-corrected chi connectivity index (χ4v) is 3.36. The van der Waals surface area contributed by atoms with Crippen molar-refractivity contribution in [2.75, 3.05) is 33.9 Å². The van der Waals surface area contributed by atoms with Crippen LogP contribution in [-0.4, -0.2) is 63.0 Å². The average molecular weight is 286 g/mol. The van der Waals surface area contributed by atoms with Crippen molar-refractivity contribution in [1.29, 1.82) is 0 Å². The van der Waals surface area contributed by atoms with Crippen molar-refractivity contribution in [2.24, 2.45) is 0 Å². The summed E-state index contributed by atoms with van der Waals surface area (Å²) in [4.78, 5) is 2.56. The average Bonchev–Trinajstić information content (AvgIpc) is 2.88. The molecule has 0 bridgehead atoms. The second-order valence-electron chi connectivity index (χ2n) is 5.83. The maximum Gasteiger partial charge on any atom is 0.0971 e. The number of likely N-dealkylation sites (tertiary alicyclic amines) is 1. The molecule has 4 atom stereocenters. The van der Waals surface area contributed by atoms with Gasteiger partial charge in [0.05, 0.1) is 12.2 Å². The quantitative estimate of drug-likeness (QED) is 0.668. The Morgan fingerprint density at radius 3 is 2.05 bits per heavy atom. The van der Waals surface area contributed by atoms with Gasteiger partial charge in [-0.15, -0.1) is 0 Å². The molecule has 1 heterocycles. The SMILES string of the molecule is CCCNC(CCC)C(CC)N1CC(OC)C(OC)C1. The summed E-state index contributed by atoms with van der Waals surface area (Å²) in [7, 11) is 3.58. The van der Waals surface area contributed by atoms with Crippen LogP contribution in [0.4, 0.5) is 0 Å². The molecule has 0 aromatic carbocycles. The van der Waals surface area contributed by atoms with Gasteiger partial charge in [-0.25, -0.2) is 0 Å². The van der Waals surface area contributed by atoms with E-state index < -0.39 is 0 Å². The monoisotopic (exact) mass is 286 g/mol. The highest BCUT2D eigenvalue weighted by Gasteiger charge is 2.38. The van der Waals surface area contributed by atoms with Gasteiger partial charge in [0.25, 0.3) is 0 Å². The van der Waals surface area contributed by atoms with E-state index in [1.807, 2.05) is 0 Å². The number of hydrogen-bond acceptors (Lipinski definition) is 4. The second-order valence-corrected chi connectivity index (χ2v) is 5.83. The highest BCUT2D eigenvalue weighted by Crippen LogP contribution is 2.23. The number of nitrogens with one attached hydrogen (secondary N) is 1. The van der Waals surface area contributed by atoms with E-state index >= 15 is 0 Å². The molecule has 4 unspecified atom stereocenters. The van der Waals surface area contributed by atoms with Crippen LogP contribution >= 0.6 is 0 Å². The molecule has 1 aliphatic heterocycles. The van der Waals surface area contributed by atoms with Crippen molar-refractivity contribution in [3.8, 4) is 0 Å². The predicted octanol–water partition coefficient (Wildman–Crippen LogP) is 2.28. The van der Waals surface area contributed by atoms with Crippen LogP contribution < -0.4 is 5.32 Å². The Balaban J connectivity index is 2.67. The number of nitrogens with zero attached hydrogens (tertiary/aromatic N) is 1. The zero-order chi connectivity index (χ0) is 15.0. The third kappa shape index (κ3) is 4.69. The molecular formula is C16H34N2O2. The molecular weight excluding hydrogens is 252 g/mol. The largest absolute Gasteiger partial charge is 0.377 e. The standard InChI is InChI=1S/C16H34N2O2/c1-6-9-13(17-10-7-2)14(8-3)18-11-15(19-4)16(12-18)20-5/h13-17H,6-12H2,1-5H3. The highest BCUT2D eigenvalue weighted by atomic mass is 16.5. The summed E-state index contributed by atoms with van der Waals surface area (Å²) in [6.45, 7) is 9.88. The Bertz CT molecular complexity index is 239. The van der Waals surface area contributed by atoms with Gasteiger partial charge >= 0.3 is 0 Å². The van der Waals surface area contributed by atoms with Gasteiger partial charge in [0.15, 0.2) is 0 Å². The van der Waals surface area contributed by atoms with Crippen LogP contribution in [0.5, 0.6) is 0 Å². The third-order valence-electron chi connectivity index (χ3n) is 4.46. The van der Waals surface area contributed by atoms with Crippen LogP contribution in [0.25, 0.3) is 0 Å². The van der Waals surface area contributed by atoms with Gasteiger partial charge in [0.1, 0.15) is 0 Å². The van der Waals surface area contributed by atoms with E-state index in [0.29, 0.717) is 12.1 Å². The van der Waals surface area contributed by atoms with Gasteiger partial charge < -0.3 is 14.8 Å². The summed E-state index contributed by atoms with van der Waals surface area (Å²) < 4.78 is 11.1. The minimum atomic E-state index is 0.211. The minimum absolute atomic E-state index is 0.211. The molecule has 4 heteroatoms. The number of hydrogen-bond donors (Lipinski definition) is 1. The van der Waals surface area contributed by atoms with Crippen molar-refractivity contribution < 1.29 is 9.47 Å². The summed E-state index contributed by atoms with van der Waals surface area (Å²) in [5, 5.41) is 3.74. The van der Waals surface area contributed by atoms with Crippen LogP contribution in [0.15, 0.2) is 0 Å². The summed E-state index contributed by atoms with van der Waals surface area (Å²) >= 11 is 0. The smallest absolute Gasteiger partial charge is 0.0971 e. The van der Waals surface area contributed by atoms with Gasteiger partial charge in [0.2, 0.25) is 0 Å². The highest BCUT2D eigenvalue weighted by molar-refractivity contribution is 4.93. The molecule has 0 radical (unpaired) electrons. The first-order chi connectivity index (χ1) is 9.71. The van der Waals surface area contributed by atoms with Crippen LogP contribution in [0.2, 0.25) is 0 Å². The first-order valence-corrected chi connectivity index (χ1v) is 8.24. The van der Waals surface area contributed by atoms with Gasteiger partial charge in [0, 0.05) is 39.4 Å². The fraction of sp³-hybridized carbons (Fsp3) is 1.00. The van der Waals surface area contributed by atoms with Gasteiger partial charge in [-0.2, -0.15) is 0 Å². The van der Waals surface area contributed by atoms with E-state index in [1.54, 1.807) is 14.2 Å². The Hall–Kier alpha value is -0.160. The Labute approximate surface area is 125 Å². The predicted molar refractivity (Wildman–Crippen MR) is 84.2 cm³/mol. The molecule has 0 aromatic heterocycles. The van der Waals surface area contributed by atoms with E-state index in [4.69, 9.17) is 9.47 Å². The minimum Gasteiger partial charge on any atom is -0.377 e. The van der Waals surface area contributed by atoms with E-state index in [0.717, 1.165) is 19.6 Å². The van der Waals surface area contributed by atoms with Crippen molar-refractivity contribution in [1.82, 2.24) is 10.2 Å². The molecule has 1 fully saturated rings. The Morgan fingerprint density at radius 1 is 1.05 bits per heavy atom. The van der Waals surface area contributed by atoms with Crippen molar-refractivity contribution in [2.45, 2.75) is 70.7 Å². The number of methoxy groups -OCH3 is 2. The second kappa shape index (κ2) is 9.72. The Morgan fingerprint density at radius 2 is 1.65 bits per heavy atom. The normalized spacial score (nSPS) is 26.9. The Kier molecular flexibility index (Phi) is 8.69. The lowest BCUT2D eigenvalue weighted by molar-refractivity contribution is -0.00461. The maximum absolute atomic E-state index is 5.57. The zero-order valence-electron chi connectivity index (χ0n) is 14.0. The van der Waals surface area contributed by atoms with Gasteiger partial charge in [-0.1, -0.05) is 27.2 Å². The van der Waals surface area contributed by atoms with Crippen LogP contribution in [0.1, 0.15) is 46.5 Å². The van der Waals surface area contributed by atoms with Crippen LogP contribution in [-0.2, 0) is 9.47 Å².